The Morgan fingerprint density at radius 2 is 1.43 bits per heavy atom. The molecule has 0 aliphatic carbocycles. The van der Waals surface area contributed by atoms with E-state index in [1.807, 2.05) is 60.7 Å². The molecule has 0 saturated heterocycles. The van der Waals surface area contributed by atoms with E-state index < -0.39 is 0 Å². The molecule has 182 valence electrons. The first-order valence-electron chi connectivity index (χ1n) is 12.4. The van der Waals surface area contributed by atoms with Crippen LogP contribution < -0.4 is 4.74 Å². The highest BCUT2D eigenvalue weighted by molar-refractivity contribution is 6.01. The number of hydrogen-bond acceptors (Lipinski definition) is 3. The fourth-order valence-corrected chi connectivity index (χ4v) is 4.81. The Balaban J connectivity index is 1.12. The molecule has 2 heterocycles. The van der Waals surface area contributed by atoms with Gasteiger partial charge in [0.15, 0.2) is 0 Å². The highest BCUT2D eigenvalue weighted by atomic mass is 16.5. The minimum Gasteiger partial charge on any atom is -0.488 e. The van der Waals surface area contributed by atoms with Crippen molar-refractivity contribution in [3.63, 3.8) is 0 Å². The third kappa shape index (κ3) is 4.76. The van der Waals surface area contributed by atoms with Gasteiger partial charge in [-0.25, -0.2) is 0 Å². The van der Waals surface area contributed by atoms with Crippen molar-refractivity contribution in [3.8, 4) is 28.0 Å². The molecular formula is C32H27N3O2. The number of carbonyl (C=O) groups is 1. The van der Waals surface area contributed by atoms with Gasteiger partial charge in [-0.05, 0) is 39.4 Å². The van der Waals surface area contributed by atoms with E-state index in [0.717, 1.165) is 27.8 Å². The van der Waals surface area contributed by atoms with Gasteiger partial charge < -0.3 is 9.64 Å². The maximum absolute atomic E-state index is 13.4. The van der Waals surface area contributed by atoms with E-state index >= 15 is 0 Å². The topological polar surface area (TPSA) is 47.4 Å². The first-order valence-corrected chi connectivity index (χ1v) is 12.4. The number of fused-ring (bicyclic) bond motifs is 1. The lowest BCUT2D eigenvalue weighted by Gasteiger charge is -2.16. The number of hydrogen-bond donors (Lipinski definition) is 0. The molecule has 0 atom stereocenters. The molecule has 0 radical (unpaired) electrons. The quantitative estimate of drug-likeness (QED) is 0.265. The van der Waals surface area contributed by atoms with Crippen LogP contribution in [0.2, 0.25) is 0 Å². The summed E-state index contributed by atoms with van der Waals surface area (Å²) in [6, 6.07) is 32.9. The highest BCUT2D eigenvalue weighted by Crippen LogP contribution is 2.33. The Morgan fingerprint density at radius 1 is 0.757 bits per heavy atom. The predicted molar refractivity (Wildman–Crippen MR) is 145 cm³/mol. The molecule has 0 N–H and O–H groups in total. The Morgan fingerprint density at radius 3 is 2.14 bits per heavy atom. The third-order valence-electron chi connectivity index (χ3n) is 6.80. The minimum atomic E-state index is 0.0151. The summed E-state index contributed by atoms with van der Waals surface area (Å²) in [5, 5.41) is 4.24. The fourth-order valence-electron chi connectivity index (χ4n) is 4.81. The molecular weight excluding hydrogens is 458 g/mol. The van der Waals surface area contributed by atoms with Crippen molar-refractivity contribution in [3.05, 3.63) is 132 Å². The summed E-state index contributed by atoms with van der Waals surface area (Å²) in [4.78, 5) is 15.2. The molecule has 0 unspecified atom stereocenters. The van der Waals surface area contributed by atoms with Crippen LogP contribution in [0.3, 0.4) is 0 Å². The van der Waals surface area contributed by atoms with Gasteiger partial charge in [0.25, 0.3) is 5.91 Å². The van der Waals surface area contributed by atoms with E-state index in [4.69, 9.17) is 4.74 Å². The highest BCUT2D eigenvalue weighted by Gasteiger charge is 2.30. The minimum absolute atomic E-state index is 0.0151. The zero-order valence-electron chi connectivity index (χ0n) is 20.7. The maximum atomic E-state index is 13.4. The number of rotatable bonds is 7. The number of ether oxygens (including phenoxy) is 1. The second kappa shape index (κ2) is 9.78. The summed E-state index contributed by atoms with van der Waals surface area (Å²) in [5.41, 5.74) is 8.39. The van der Waals surface area contributed by atoms with Crippen LogP contribution in [-0.4, -0.2) is 20.6 Å². The summed E-state index contributed by atoms with van der Waals surface area (Å²) in [6.45, 7) is 1.55. The van der Waals surface area contributed by atoms with Crippen LogP contribution in [0, 0.1) is 0 Å². The number of benzene rings is 4. The van der Waals surface area contributed by atoms with Crippen molar-refractivity contribution in [1.29, 1.82) is 0 Å². The van der Waals surface area contributed by atoms with Crippen molar-refractivity contribution in [2.24, 2.45) is 7.05 Å². The molecule has 5 aromatic rings. The van der Waals surface area contributed by atoms with Crippen molar-refractivity contribution in [2.75, 3.05) is 0 Å². The van der Waals surface area contributed by atoms with Gasteiger partial charge in [0.05, 0.1) is 11.8 Å². The summed E-state index contributed by atoms with van der Waals surface area (Å²) >= 11 is 0. The van der Waals surface area contributed by atoms with Crippen molar-refractivity contribution >= 4 is 5.91 Å². The average Bonchev–Trinajstić information content (AvgIpc) is 3.52. The molecule has 1 aromatic heterocycles. The van der Waals surface area contributed by atoms with Crippen LogP contribution >= 0.6 is 0 Å². The summed E-state index contributed by atoms with van der Waals surface area (Å²) in [5.74, 6) is 0.658. The number of carbonyl (C=O) groups excluding carboxylic acids is 1. The van der Waals surface area contributed by atoms with E-state index in [0.29, 0.717) is 31.0 Å². The van der Waals surface area contributed by atoms with Gasteiger partial charge in [-0.2, -0.15) is 5.10 Å². The second-order valence-electron chi connectivity index (χ2n) is 9.40. The van der Waals surface area contributed by atoms with Gasteiger partial charge in [-0.3, -0.25) is 9.48 Å². The van der Waals surface area contributed by atoms with Crippen LogP contribution in [0.5, 0.6) is 5.75 Å². The van der Waals surface area contributed by atoms with Gasteiger partial charge in [0.2, 0.25) is 0 Å². The molecule has 37 heavy (non-hydrogen) atoms. The Hall–Kier alpha value is -4.64. The maximum Gasteiger partial charge on any atom is 0.258 e. The summed E-state index contributed by atoms with van der Waals surface area (Å²) in [6.07, 6.45) is 3.85. The molecule has 0 saturated carbocycles. The molecule has 4 aromatic carbocycles. The lowest BCUT2D eigenvalue weighted by Crippen LogP contribution is -2.23. The van der Waals surface area contributed by atoms with Gasteiger partial charge in [-0.15, -0.1) is 0 Å². The predicted octanol–water partition coefficient (Wildman–Crippen LogP) is 6.49. The van der Waals surface area contributed by atoms with E-state index in [9.17, 15) is 4.79 Å². The number of aryl methyl sites for hydroxylation is 1. The molecule has 0 fully saturated rings. The first kappa shape index (κ1) is 22.8. The largest absolute Gasteiger partial charge is 0.488 e. The van der Waals surface area contributed by atoms with Crippen LogP contribution in [0.15, 0.2) is 109 Å². The Bertz CT molecular complexity index is 1540. The zero-order valence-corrected chi connectivity index (χ0v) is 20.7. The standard InChI is InChI=1S/C32H27N3O2/c1-34-20-29(18-33-34)27-14-10-23(11-15-27)19-35-21-28-8-5-9-30(31(28)32(35)36)37-22-24-12-16-26(17-13-24)25-6-3-2-4-7-25/h2-18,20H,19,21-22H2,1H3. The average molecular weight is 486 g/mol. The Labute approximate surface area is 216 Å². The molecule has 0 bridgehead atoms. The van der Waals surface area contributed by atoms with Gasteiger partial charge in [-0.1, -0.05) is 91.0 Å². The summed E-state index contributed by atoms with van der Waals surface area (Å²) in [7, 11) is 1.91. The smallest absolute Gasteiger partial charge is 0.258 e. The second-order valence-corrected chi connectivity index (χ2v) is 9.40. The van der Waals surface area contributed by atoms with Crippen molar-refractivity contribution < 1.29 is 9.53 Å². The zero-order chi connectivity index (χ0) is 25.2. The van der Waals surface area contributed by atoms with Crippen molar-refractivity contribution in [2.45, 2.75) is 19.7 Å². The third-order valence-corrected chi connectivity index (χ3v) is 6.80. The molecule has 1 aliphatic heterocycles. The van der Waals surface area contributed by atoms with Crippen LogP contribution in [0.25, 0.3) is 22.3 Å². The van der Waals surface area contributed by atoms with Gasteiger partial charge in [0, 0.05) is 31.9 Å². The Kier molecular flexibility index (Phi) is 6.03. The SMILES string of the molecule is Cn1cc(-c2ccc(CN3Cc4cccc(OCc5ccc(-c6ccccc6)cc5)c4C3=O)cc2)cn1. The van der Waals surface area contributed by atoms with Gasteiger partial charge >= 0.3 is 0 Å². The fraction of sp³-hybridized carbons (Fsp3) is 0.125. The normalized spacial score (nSPS) is 12.6. The monoisotopic (exact) mass is 485 g/mol. The van der Waals surface area contributed by atoms with Gasteiger partial charge in [0.1, 0.15) is 12.4 Å². The van der Waals surface area contributed by atoms with Crippen LogP contribution in [-0.2, 0) is 26.7 Å². The molecule has 0 spiro atoms. The van der Waals surface area contributed by atoms with Crippen molar-refractivity contribution in [1.82, 2.24) is 14.7 Å². The van der Waals surface area contributed by atoms with E-state index in [1.54, 1.807) is 4.68 Å². The number of aromatic nitrogens is 2. The number of amides is 1. The molecule has 1 amide bonds. The van der Waals surface area contributed by atoms with E-state index in [1.165, 1.54) is 11.1 Å². The molecule has 1 aliphatic rings. The lowest BCUT2D eigenvalue weighted by atomic mass is 10.0. The first-order chi connectivity index (χ1) is 18.1. The lowest BCUT2D eigenvalue weighted by molar-refractivity contribution is 0.0763. The number of nitrogens with zero attached hydrogens (tertiary/aromatic N) is 3. The molecule has 5 nitrogen and oxygen atoms in total. The summed E-state index contributed by atoms with van der Waals surface area (Å²) < 4.78 is 7.96. The van der Waals surface area contributed by atoms with E-state index in [2.05, 4.69) is 65.8 Å². The van der Waals surface area contributed by atoms with Crippen LogP contribution in [0.4, 0.5) is 0 Å². The van der Waals surface area contributed by atoms with Crippen LogP contribution in [0.1, 0.15) is 27.0 Å². The molecule has 5 heteroatoms. The van der Waals surface area contributed by atoms with E-state index in [-0.39, 0.29) is 5.91 Å². The molecule has 6 rings (SSSR count).